The summed E-state index contributed by atoms with van der Waals surface area (Å²) < 4.78 is 79.8. The second-order valence-corrected chi connectivity index (χ2v) is 10.5. The van der Waals surface area contributed by atoms with Crippen molar-refractivity contribution in [1.29, 1.82) is 0 Å². The number of aromatic amines is 1. The Balaban J connectivity index is 1.44. The molecule has 2 N–H and O–H groups in total. The predicted molar refractivity (Wildman–Crippen MR) is 113 cm³/mol. The first kappa shape index (κ1) is 23.2. The van der Waals surface area contributed by atoms with E-state index in [1.807, 2.05) is 0 Å². The number of fused-ring (bicyclic) bond motifs is 1. The van der Waals surface area contributed by atoms with E-state index in [9.17, 15) is 26.4 Å². The average Bonchev–Trinajstić information content (AvgIpc) is 3.18. The summed E-state index contributed by atoms with van der Waals surface area (Å²) in [6.07, 6.45) is -4.93. The van der Waals surface area contributed by atoms with Gasteiger partial charge in [0.15, 0.2) is 5.82 Å². The molecule has 6 nitrogen and oxygen atoms in total. The van der Waals surface area contributed by atoms with Gasteiger partial charge in [-0.1, -0.05) is 12.1 Å². The lowest BCUT2D eigenvalue weighted by atomic mass is 9.93. The van der Waals surface area contributed by atoms with Crippen molar-refractivity contribution in [3.8, 4) is 0 Å². The number of alkyl halides is 4. The molecule has 176 valence electrons. The lowest BCUT2D eigenvalue weighted by Crippen LogP contribution is -2.45. The summed E-state index contributed by atoms with van der Waals surface area (Å²) in [4.78, 5) is 19.1. The van der Waals surface area contributed by atoms with Crippen LogP contribution in [0.25, 0.3) is 11.0 Å². The van der Waals surface area contributed by atoms with E-state index in [0.717, 1.165) is 12.1 Å². The van der Waals surface area contributed by atoms with Crippen molar-refractivity contribution in [3.63, 3.8) is 0 Å². The Morgan fingerprint density at radius 2 is 1.85 bits per heavy atom. The van der Waals surface area contributed by atoms with Gasteiger partial charge >= 0.3 is 6.18 Å². The fraction of sp³-hybridized carbons (Fsp3) is 0.364. The zero-order chi connectivity index (χ0) is 24.0. The molecule has 1 saturated carbocycles. The molecule has 1 aromatic heterocycles. The van der Waals surface area contributed by atoms with E-state index in [1.54, 1.807) is 19.1 Å². The molecule has 11 heteroatoms. The molecule has 0 unspecified atom stereocenters. The number of imidazole rings is 1. The molecule has 33 heavy (non-hydrogen) atoms. The Hall–Kier alpha value is -2.95. The zero-order valence-corrected chi connectivity index (χ0v) is 18.4. The van der Waals surface area contributed by atoms with Crippen LogP contribution in [0.4, 0.5) is 17.6 Å². The molecule has 1 amide bonds. The minimum Gasteiger partial charge on any atom is -0.347 e. The smallest absolute Gasteiger partial charge is 0.347 e. The summed E-state index contributed by atoms with van der Waals surface area (Å²) in [7, 11) is -4.21. The number of H-pyrrole nitrogens is 1. The summed E-state index contributed by atoms with van der Waals surface area (Å²) in [5, 5.41) is 0.228. The first-order chi connectivity index (χ1) is 15.4. The number of amides is 1. The summed E-state index contributed by atoms with van der Waals surface area (Å²) in [6.45, 7) is 1.72. The maximum atomic E-state index is 15.5. The fourth-order valence-electron chi connectivity index (χ4n) is 4.00. The Morgan fingerprint density at radius 3 is 2.48 bits per heavy atom. The van der Waals surface area contributed by atoms with Crippen molar-refractivity contribution in [2.45, 2.75) is 54.7 Å². The van der Waals surface area contributed by atoms with Crippen molar-refractivity contribution in [2.24, 2.45) is 0 Å². The third kappa shape index (κ3) is 4.46. The molecule has 1 aliphatic rings. The van der Waals surface area contributed by atoms with Gasteiger partial charge in [0, 0.05) is 6.04 Å². The van der Waals surface area contributed by atoms with Crippen LogP contribution in [0.3, 0.4) is 0 Å². The van der Waals surface area contributed by atoms with Crippen LogP contribution in [0, 0.1) is 6.92 Å². The highest BCUT2D eigenvalue weighted by Gasteiger charge is 2.48. The van der Waals surface area contributed by atoms with Gasteiger partial charge < -0.3 is 10.3 Å². The highest BCUT2D eigenvalue weighted by atomic mass is 32.2. The maximum Gasteiger partial charge on any atom is 0.416 e. The second-order valence-electron chi connectivity index (χ2n) is 8.27. The Kier molecular flexibility index (Phi) is 5.71. The highest BCUT2D eigenvalue weighted by molar-refractivity contribution is 7.92. The summed E-state index contributed by atoms with van der Waals surface area (Å²) in [6, 6.07) is 8.50. The van der Waals surface area contributed by atoms with Crippen LogP contribution >= 0.6 is 0 Å². The maximum absolute atomic E-state index is 15.5. The standard InChI is InChI=1S/C22H21F4N3O3S/c1-13-3-2-4-16(11-13)33(31,32)21(23)9-7-15(8-10-21)27-20(30)19-28-17-6-5-14(22(24,25)26)12-18(17)29-19/h2-6,11-12,15H,7-10H2,1H3,(H,27,30)(H,28,29)/t15-,21-. The number of sulfone groups is 1. The minimum absolute atomic E-state index is 0.00866. The lowest BCUT2D eigenvalue weighted by molar-refractivity contribution is -0.137. The quantitative estimate of drug-likeness (QED) is 0.526. The summed E-state index contributed by atoms with van der Waals surface area (Å²) in [5.41, 5.74) is 0.0816. The van der Waals surface area contributed by atoms with Crippen LogP contribution in [-0.2, 0) is 16.0 Å². The molecule has 0 atom stereocenters. The number of rotatable bonds is 4. The molecule has 1 aliphatic carbocycles. The molecule has 0 spiro atoms. The molecule has 1 fully saturated rings. The van der Waals surface area contributed by atoms with Crippen LogP contribution in [0.15, 0.2) is 47.4 Å². The number of nitrogens with zero attached hydrogens (tertiary/aromatic N) is 1. The van der Waals surface area contributed by atoms with Gasteiger partial charge in [-0.3, -0.25) is 4.79 Å². The summed E-state index contributed by atoms with van der Waals surface area (Å²) in [5.74, 6) is -0.827. The van der Waals surface area contributed by atoms with Crippen LogP contribution < -0.4 is 5.32 Å². The number of hydrogen-bond donors (Lipinski definition) is 2. The predicted octanol–water partition coefficient (Wildman–Crippen LogP) is 4.70. The van der Waals surface area contributed by atoms with Gasteiger partial charge in [-0.15, -0.1) is 0 Å². The van der Waals surface area contributed by atoms with E-state index in [2.05, 4.69) is 15.3 Å². The molecule has 0 saturated heterocycles. The number of carbonyl (C=O) groups excluding carboxylic acids is 1. The number of benzene rings is 2. The number of nitrogens with one attached hydrogen (secondary N) is 2. The van der Waals surface area contributed by atoms with Gasteiger partial charge in [-0.2, -0.15) is 13.2 Å². The minimum atomic E-state index is -4.53. The highest BCUT2D eigenvalue weighted by Crippen LogP contribution is 2.40. The molecular weight excluding hydrogens is 462 g/mol. The SMILES string of the molecule is Cc1cccc(S(=O)(=O)[C@]2(F)CC[C@@H](NC(=O)c3nc4cc(C(F)(F)F)ccc4[nH]3)CC2)c1. The van der Waals surface area contributed by atoms with Gasteiger partial charge in [-0.25, -0.2) is 17.8 Å². The van der Waals surface area contributed by atoms with E-state index < -0.39 is 38.5 Å². The summed E-state index contributed by atoms with van der Waals surface area (Å²) >= 11 is 0. The number of aromatic nitrogens is 2. The van der Waals surface area contributed by atoms with Crippen LogP contribution in [0.5, 0.6) is 0 Å². The zero-order valence-electron chi connectivity index (χ0n) is 17.5. The van der Waals surface area contributed by atoms with E-state index >= 15 is 4.39 Å². The molecule has 3 aromatic rings. The van der Waals surface area contributed by atoms with Crippen molar-refractivity contribution in [3.05, 3.63) is 59.4 Å². The van der Waals surface area contributed by atoms with Gasteiger partial charge in [0.1, 0.15) is 0 Å². The fourth-order valence-corrected chi connectivity index (χ4v) is 5.79. The van der Waals surface area contributed by atoms with E-state index in [-0.39, 0.29) is 47.4 Å². The van der Waals surface area contributed by atoms with Crippen molar-refractivity contribution in [1.82, 2.24) is 15.3 Å². The molecule has 1 heterocycles. The van der Waals surface area contributed by atoms with Crippen molar-refractivity contribution >= 4 is 26.8 Å². The van der Waals surface area contributed by atoms with Crippen molar-refractivity contribution < 1.29 is 30.8 Å². The molecule has 0 bridgehead atoms. The normalized spacial score (nSPS) is 21.8. The third-order valence-electron chi connectivity index (χ3n) is 5.87. The van der Waals surface area contributed by atoms with Crippen LogP contribution in [-0.4, -0.2) is 35.3 Å². The molecular formula is C22H21F4N3O3S. The number of hydrogen-bond acceptors (Lipinski definition) is 4. The van der Waals surface area contributed by atoms with E-state index in [4.69, 9.17) is 0 Å². The van der Waals surface area contributed by atoms with Gasteiger partial charge in [0.25, 0.3) is 5.91 Å². The molecule has 0 aliphatic heterocycles. The Morgan fingerprint density at radius 1 is 1.15 bits per heavy atom. The monoisotopic (exact) mass is 483 g/mol. The number of aryl methyl sites for hydroxylation is 1. The van der Waals surface area contributed by atoms with E-state index in [0.29, 0.717) is 5.56 Å². The Bertz CT molecular complexity index is 1310. The van der Waals surface area contributed by atoms with Crippen LogP contribution in [0.2, 0.25) is 0 Å². The number of carbonyl (C=O) groups is 1. The first-order valence-corrected chi connectivity index (χ1v) is 11.8. The lowest BCUT2D eigenvalue weighted by Gasteiger charge is -2.33. The third-order valence-corrected chi connectivity index (χ3v) is 8.12. The van der Waals surface area contributed by atoms with Gasteiger partial charge in [0.2, 0.25) is 14.8 Å². The van der Waals surface area contributed by atoms with Crippen molar-refractivity contribution in [2.75, 3.05) is 0 Å². The molecule has 2 aromatic carbocycles. The first-order valence-electron chi connectivity index (χ1n) is 10.3. The largest absolute Gasteiger partial charge is 0.416 e. The second kappa shape index (κ2) is 8.12. The Labute approximate surface area is 187 Å². The topological polar surface area (TPSA) is 91.9 Å². The van der Waals surface area contributed by atoms with Crippen LogP contribution in [0.1, 0.15) is 47.4 Å². The molecule has 0 radical (unpaired) electrons. The molecule has 4 rings (SSSR count). The van der Waals surface area contributed by atoms with E-state index in [1.165, 1.54) is 18.2 Å². The average molecular weight is 483 g/mol. The number of halogens is 4. The van der Waals surface area contributed by atoms with Gasteiger partial charge in [0.05, 0.1) is 21.5 Å². The van der Waals surface area contributed by atoms with Gasteiger partial charge in [-0.05, 0) is 68.5 Å².